The Morgan fingerprint density at radius 3 is 2.33 bits per heavy atom. The zero-order valence-corrected chi connectivity index (χ0v) is 18.8. The summed E-state index contributed by atoms with van der Waals surface area (Å²) < 4.78 is 29.3. The third kappa shape index (κ3) is 4.95. The van der Waals surface area contributed by atoms with Crippen molar-refractivity contribution in [3.63, 3.8) is 0 Å². The lowest BCUT2D eigenvalue weighted by Gasteiger charge is -2.12. The molecule has 1 aliphatic heterocycles. The molecule has 30 heavy (non-hydrogen) atoms. The number of sulfonamides is 1. The molecular weight excluding hydrogens is 442 g/mol. The molecule has 0 aliphatic carbocycles. The fourth-order valence-electron chi connectivity index (χ4n) is 2.65. The number of nitrogens with zero attached hydrogens (tertiary/aromatic N) is 3. The van der Waals surface area contributed by atoms with Crippen LogP contribution in [0.2, 0.25) is 5.02 Å². The lowest BCUT2D eigenvalue weighted by atomic mass is 10.2. The predicted octanol–water partition coefficient (Wildman–Crippen LogP) is 4.25. The Bertz CT molecular complexity index is 1120. The summed E-state index contributed by atoms with van der Waals surface area (Å²) in [5.41, 5.74) is 1.86. The van der Waals surface area contributed by atoms with Crippen LogP contribution in [0.3, 0.4) is 0 Å². The number of carbonyl (C=O) groups is 1. The van der Waals surface area contributed by atoms with Crippen LogP contribution >= 0.6 is 23.4 Å². The minimum absolute atomic E-state index is 0.00251. The van der Waals surface area contributed by atoms with E-state index in [9.17, 15) is 13.2 Å². The van der Waals surface area contributed by atoms with Crippen molar-refractivity contribution in [2.45, 2.75) is 4.90 Å². The number of hydrogen-bond donors (Lipinski definition) is 0. The van der Waals surface area contributed by atoms with Crippen molar-refractivity contribution in [1.82, 2.24) is 4.90 Å². The number of amidine groups is 1. The fraction of sp³-hybridized carbons (Fsp3) is 0.143. The van der Waals surface area contributed by atoms with Crippen LogP contribution in [0.1, 0.15) is 5.56 Å². The van der Waals surface area contributed by atoms with E-state index in [-0.39, 0.29) is 22.5 Å². The monoisotopic (exact) mass is 461 g/mol. The molecule has 0 unspecified atom stereocenters. The third-order valence-electron chi connectivity index (χ3n) is 4.22. The topological polar surface area (TPSA) is 70.1 Å². The largest absolute Gasteiger partial charge is 0.378 e. The molecule has 1 heterocycles. The smallest absolute Gasteiger partial charge is 0.284 e. The van der Waals surface area contributed by atoms with Crippen LogP contribution in [0, 0.1) is 0 Å². The zero-order chi connectivity index (χ0) is 21.9. The summed E-state index contributed by atoms with van der Waals surface area (Å²) >= 11 is 6.85. The van der Waals surface area contributed by atoms with E-state index in [0.717, 1.165) is 23.0 Å². The Morgan fingerprint density at radius 2 is 1.77 bits per heavy atom. The van der Waals surface area contributed by atoms with Crippen molar-refractivity contribution in [2.75, 3.05) is 25.5 Å². The number of anilines is 1. The fourth-order valence-corrected chi connectivity index (χ4v) is 4.96. The Balaban J connectivity index is 1.95. The highest BCUT2D eigenvalue weighted by molar-refractivity contribution is 8.19. The lowest BCUT2D eigenvalue weighted by Crippen LogP contribution is -2.29. The first-order valence-electron chi connectivity index (χ1n) is 8.91. The molecule has 0 radical (unpaired) electrons. The van der Waals surface area contributed by atoms with Crippen molar-refractivity contribution < 1.29 is 13.2 Å². The molecule has 0 saturated carbocycles. The minimum Gasteiger partial charge on any atom is -0.378 e. The predicted molar refractivity (Wildman–Crippen MR) is 124 cm³/mol. The Kier molecular flexibility index (Phi) is 6.70. The van der Waals surface area contributed by atoms with Crippen LogP contribution in [0.25, 0.3) is 6.08 Å². The van der Waals surface area contributed by atoms with Gasteiger partial charge in [0.2, 0.25) is 0 Å². The highest BCUT2D eigenvalue weighted by atomic mass is 35.5. The molecule has 6 nitrogen and oxygen atoms in total. The van der Waals surface area contributed by atoms with E-state index in [4.69, 9.17) is 11.6 Å². The minimum atomic E-state index is -4.00. The van der Waals surface area contributed by atoms with Gasteiger partial charge in [0.05, 0.1) is 9.80 Å². The number of rotatable bonds is 6. The van der Waals surface area contributed by atoms with Crippen molar-refractivity contribution in [2.24, 2.45) is 4.40 Å². The molecule has 2 aromatic rings. The second-order valence-electron chi connectivity index (χ2n) is 6.60. The van der Waals surface area contributed by atoms with Crippen LogP contribution in [-0.2, 0) is 14.8 Å². The van der Waals surface area contributed by atoms with Crippen molar-refractivity contribution >= 4 is 56.2 Å². The average Bonchev–Trinajstić information content (AvgIpc) is 2.97. The van der Waals surface area contributed by atoms with Gasteiger partial charge in [0.15, 0.2) is 5.17 Å². The van der Waals surface area contributed by atoms with Gasteiger partial charge in [-0.2, -0.15) is 8.42 Å². The molecule has 0 aromatic heterocycles. The maximum Gasteiger partial charge on any atom is 0.284 e. The van der Waals surface area contributed by atoms with Crippen LogP contribution in [0.5, 0.6) is 0 Å². The van der Waals surface area contributed by atoms with E-state index in [0.29, 0.717) is 9.93 Å². The summed E-state index contributed by atoms with van der Waals surface area (Å²) in [6.45, 7) is 3.80. The number of amides is 1. The summed E-state index contributed by atoms with van der Waals surface area (Å²) in [6, 6.07) is 13.4. The van der Waals surface area contributed by atoms with Gasteiger partial charge in [0.1, 0.15) is 0 Å². The van der Waals surface area contributed by atoms with Crippen LogP contribution < -0.4 is 4.90 Å². The number of thioether (sulfide) groups is 1. The highest BCUT2D eigenvalue weighted by Crippen LogP contribution is 2.34. The maximum absolute atomic E-state index is 12.8. The van der Waals surface area contributed by atoms with E-state index in [1.54, 1.807) is 6.08 Å². The first-order valence-corrected chi connectivity index (χ1v) is 11.5. The Hall–Kier alpha value is -2.55. The molecule has 3 rings (SSSR count). The standard InChI is InChI=1S/C21H20ClN3O3S2/c1-4-13-25-20(26)19(14-15-5-9-17(10-6-15)24(2)3)29-21(25)23-30(27,28)18-11-7-16(22)8-12-18/h4-12,14H,1,13H2,2-3H3/b19-14-,23-21?. The molecule has 156 valence electrons. The van der Waals surface area contributed by atoms with Gasteiger partial charge >= 0.3 is 0 Å². The maximum atomic E-state index is 12.8. The molecule has 0 atom stereocenters. The van der Waals surface area contributed by atoms with Gasteiger partial charge in [-0.3, -0.25) is 9.69 Å². The van der Waals surface area contributed by atoms with Crippen molar-refractivity contribution in [3.05, 3.63) is 76.7 Å². The summed E-state index contributed by atoms with van der Waals surface area (Å²) in [7, 11) is -0.108. The number of halogens is 1. The van der Waals surface area contributed by atoms with Gasteiger partial charge in [0.25, 0.3) is 15.9 Å². The first kappa shape index (κ1) is 22.1. The third-order valence-corrected chi connectivity index (χ3v) is 6.87. The quantitative estimate of drug-likeness (QED) is 0.475. The second kappa shape index (κ2) is 9.07. The van der Waals surface area contributed by atoms with Gasteiger partial charge in [-0.05, 0) is 59.8 Å². The van der Waals surface area contributed by atoms with E-state index in [1.807, 2.05) is 43.3 Å². The van der Waals surface area contributed by atoms with E-state index in [2.05, 4.69) is 11.0 Å². The molecule has 0 bridgehead atoms. The first-order chi connectivity index (χ1) is 14.2. The van der Waals surface area contributed by atoms with Gasteiger partial charge in [-0.15, -0.1) is 11.0 Å². The molecule has 0 spiro atoms. The summed E-state index contributed by atoms with van der Waals surface area (Å²) in [5.74, 6) is -0.318. The zero-order valence-electron chi connectivity index (χ0n) is 16.4. The van der Waals surface area contributed by atoms with Crippen LogP contribution in [0.4, 0.5) is 5.69 Å². The van der Waals surface area contributed by atoms with Crippen LogP contribution in [-0.4, -0.2) is 45.0 Å². The van der Waals surface area contributed by atoms with E-state index in [1.165, 1.54) is 35.2 Å². The Labute approximate surface area is 185 Å². The van der Waals surface area contributed by atoms with Gasteiger partial charge in [-0.1, -0.05) is 29.8 Å². The van der Waals surface area contributed by atoms with Gasteiger partial charge in [0, 0.05) is 31.4 Å². The Morgan fingerprint density at radius 1 is 1.13 bits per heavy atom. The lowest BCUT2D eigenvalue weighted by molar-refractivity contribution is -0.121. The number of hydrogen-bond acceptors (Lipinski definition) is 5. The summed E-state index contributed by atoms with van der Waals surface area (Å²) in [4.78, 5) is 16.5. The molecule has 1 saturated heterocycles. The van der Waals surface area contributed by atoms with Gasteiger partial charge < -0.3 is 4.90 Å². The highest BCUT2D eigenvalue weighted by Gasteiger charge is 2.34. The second-order valence-corrected chi connectivity index (χ2v) is 9.65. The van der Waals surface area contributed by atoms with E-state index >= 15 is 0 Å². The van der Waals surface area contributed by atoms with Crippen molar-refractivity contribution in [1.29, 1.82) is 0 Å². The normalized spacial score (nSPS) is 17.0. The van der Waals surface area contributed by atoms with Crippen LogP contribution in [0.15, 0.2) is 75.4 Å². The summed E-state index contributed by atoms with van der Waals surface area (Å²) in [6.07, 6.45) is 3.25. The molecular formula is C21H20ClN3O3S2. The molecule has 0 N–H and O–H groups in total. The number of carbonyl (C=O) groups excluding carboxylic acids is 1. The van der Waals surface area contributed by atoms with Gasteiger partial charge in [-0.25, -0.2) is 0 Å². The number of benzene rings is 2. The molecule has 1 amide bonds. The van der Waals surface area contributed by atoms with E-state index < -0.39 is 10.0 Å². The SMILES string of the molecule is C=CCN1C(=O)/C(=C/c2ccc(N(C)C)cc2)SC1=NS(=O)(=O)c1ccc(Cl)cc1. The molecule has 1 aliphatic rings. The molecule has 9 heteroatoms. The average molecular weight is 462 g/mol. The summed E-state index contributed by atoms with van der Waals surface area (Å²) in [5, 5.41) is 0.511. The molecule has 2 aromatic carbocycles. The molecule has 1 fully saturated rings. The van der Waals surface area contributed by atoms with Crippen molar-refractivity contribution in [3.8, 4) is 0 Å².